The molecule has 2 N–H and O–H groups in total. The summed E-state index contributed by atoms with van der Waals surface area (Å²) in [6, 6.07) is -0.294. The Bertz CT molecular complexity index is 325. The molecule has 0 aliphatic carbocycles. The quantitative estimate of drug-likeness (QED) is 0.653. The van der Waals surface area contributed by atoms with Gasteiger partial charge in [-0.1, -0.05) is 0 Å². The van der Waals surface area contributed by atoms with E-state index in [0.717, 1.165) is 25.2 Å². The molecular formula is C10H14N2O2S. The van der Waals surface area contributed by atoms with Crippen molar-refractivity contribution in [1.82, 2.24) is 4.90 Å². The highest BCUT2D eigenvalue weighted by Gasteiger charge is 2.46. The minimum atomic E-state index is -0.294. The van der Waals surface area contributed by atoms with Gasteiger partial charge in [0.05, 0.1) is 6.10 Å². The molecule has 3 unspecified atom stereocenters. The lowest BCUT2D eigenvalue weighted by molar-refractivity contribution is -0.140. The van der Waals surface area contributed by atoms with Gasteiger partial charge in [0.15, 0.2) is 0 Å². The van der Waals surface area contributed by atoms with Crippen molar-refractivity contribution in [3.05, 3.63) is 11.8 Å². The van der Waals surface area contributed by atoms with E-state index in [1.165, 1.54) is 5.57 Å². The maximum atomic E-state index is 11.5. The van der Waals surface area contributed by atoms with Crippen LogP contribution in [0, 0.1) is 0 Å². The van der Waals surface area contributed by atoms with Gasteiger partial charge in [-0.2, -0.15) is 0 Å². The zero-order valence-electron chi connectivity index (χ0n) is 8.39. The van der Waals surface area contributed by atoms with E-state index < -0.39 is 0 Å². The molecule has 2 fully saturated rings. The van der Waals surface area contributed by atoms with Crippen LogP contribution in [0.5, 0.6) is 0 Å². The maximum Gasteiger partial charge on any atom is 0.247 e. The lowest BCUT2D eigenvalue weighted by atomic mass is 10.1. The number of carbonyl (C=O) groups excluding carboxylic acids is 1. The Labute approximate surface area is 92.8 Å². The Balaban J connectivity index is 1.76. The highest BCUT2D eigenvalue weighted by molar-refractivity contribution is 8.00. The van der Waals surface area contributed by atoms with E-state index in [0.29, 0.717) is 0 Å². The summed E-state index contributed by atoms with van der Waals surface area (Å²) in [5.41, 5.74) is 6.95. The van der Waals surface area contributed by atoms with Crippen molar-refractivity contribution in [1.29, 1.82) is 0 Å². The molecule has 0 aromatic heterocycles. The Morgan fingerprint density at radius 3 is 3.20 bits per heavy atom. The molecule has 0 aromatic carbocycles. The minimum absolute atomic E-state index is 0.0442. The Morgan fingerprint density at radius 2 is 2.47 bits per heavy atom. The molecule has 0 radical (unpaired) electrons. The van der Waals surface area contributed by atoms with Crippen molar-refractivity contribution < 1.29 is 9.53 Å². The van der Waals surface area contributed by atoms with Gasteiger partial charge < -0.3 is 15.4 Å². The van der Waals surface area contributed by atoms with Gasteiger partial charge in [0, 0.05) is 18.6 Å². The Morgan fingerprint density at radius 1 is 1.60 bits per heavy atom. The molecule has 3 heterocycles. The molecule has 4 nitrogen and oxygen atoms in total. The third-order valence-corrected chi connectivity index (χ3v) is 4.55. The molecule has 15 heavy (non-hydrogen) atoms. The number of ether oxygens (including phenoxy) is 1. The predicted molar refractivity (Wildman–Crippen MR) is 58.1 cm³/mol. The van der Waals surface area contributed by atoms with Gasteiger partial charge in [-0.15, -0.1) is 11.8 Å². The fourth-order valence-corrected chi connectivity index (χ4v) is 3.55. The normalized spacial score (nSPS) is 39.8. The number of fused-ring (bicyclic) bond motifs is 1. The third kappa shape index (κ3) is 1.41. The van der Waals surface area contributed by atoms with Crippen LogP contribution in [-0.4, -0.2) is 40.7 Å². The van der Waals surface area contributed by atoms with Gasteiger partial charge >= 0.3 is 0 Å². The van der Waals surface area contributed by atoms with Crippen molar-refractivity contribution in [3.63, 3.8) is 0 Å². The van der Waals surface area contributed by atoms with Gasteiger partial charge in [0.25, 0.3) is 0 Å². The lowest BCUT2D eigenvalue weighted by Crippen LogP contribution is -2.66. The number of amides is 1. The molecule has 0 spiro atoms. The molecule has 0 saturated carbocycles. The van der Waals surface area contributed by atoms with Crippen molar-refractivity contribution in [3.8, 4) is 0 Å². The summed E-state index contributed by atoms with van der Waals surface area (Å²) in [7, 11) is 0. The van der Waals surface area contributed by atoms with Gasteiger partial charge in [0.1, 0.15) is 11.4 Å². The number of β-lactam (4-membered cyclic amide) rings is 1. The second kappa shape index (κ2) is 3.50. The average Bonchev–Trinajstić information content (AvgIpc) is 2.80. The summed E-state index contributed by atoms with van der Waals surface area (Å²) in [6.07, 6.45) is 4.42. The number of carbonyl (C=O) groups is 1. The first kappa shape index (κ1) is 9.69. The first-order valence-corrected chi connectivity index (χ1v) is 6.34. The van der Waals surface area contributed by atoms with E-state index in [1.807, 2.05) is 6.20 Å². The van der Waals surface area contributed by atoms with Crippen LogP contribution in [0.2, 0.25) is 0 Å². The first-order valence-electron chi connectivity index (χ1n) is 5.29. The zero-order chi connectivity index (χ0) is 10.4. The largest absolute Gasteiger partial charge is 0.374 e. The predicted octanol–water partition coefficient (Wildman–Crippen LogP) is 0.292. The molecular weight excluding hydrogens is 212 g/mol. The summed E-state index contributed by atoms with van der Waals surface area (Å²) in [6.45, 7) is 0.851. The maximum absolute atomic E-state index is 11.5. The van der Waals surface area contributed by atoms with E-state index in [4.69, 9.17) is 10.5 Å². The van der Waals surface area contributed by atoms with Gasteiger partial charge in [-0.05, 0) is 18.4 Å². The second-order valence-corrected chi connectivity index (χ2v) is 5.28. The highest BCUT2D eigenvalue weighted by atomic mass is 32.2. The van der Waals surface area contributed by atoms with Gasteiger partial charge in [-0.25, -0.2) is 0 Å². The van der Waals surface area contributed by atoms with E-state index >= 15 is 0 Å². The second-order valence-electron chi connectivity index (χ2n) is 4.18. The SMILES string of the molecule is NC1C(=O)N2C=C(C3CCCO3)CSC12. The van der Waals surface area contributed by atoms with Crippen LogP contribution in [-0.2, 0) is 9.53 Å². The van der Waals surface area contributed by atoms with Crippen molar-refractivity contribution in [2.75, 3.05) is 12.4 Å². The summed E-state index contributed by atoms with van der Waals surface area (Å²) >= 11 is 1.75. The smallest absolute Gasteiger partial charge is 0.247 e. The van der Waals surface area contributed by atoms with E-state index in [2.05, 4.69) is 0 Å². The highest BCUT2D eigenvalue weighted by Crippen LogP contribution is 2.37. The Hall–Kier alpha value is -0.520. The van der Waals surface area contributed by atoms with Crippen LogP contribution < -0.4 is 5.73 Å². The topological polar surface area (TPSA) is 55.6 Å². The molecule has 3 aliphatic heterocycles. The molecule has 3 rings (SSSR count). The third-order valence-electron chi connectivity index (χ3n) is 3.19. The number of hydrogen-bond acceptors (Lipinski definition) is 4. The minimum Gasteiger partial charge on any atom is -0.374 e. The number of nitrogens with two attached hydrogens (primary N) is 1. The monoisotopic (exact) mass is 226 g/mol. The number of nitrogens with zero attached hydrogens (tertiary/aromatic N) is 1. The molecule has 0 bridgehead atoms. The molecule has 0 aromatic rings. The van der Waals surface area contributed by atoms with Crippen molar-refractivity contribution >= 4 is 17.7 Å². The van der Waals surface area contributed by atoms with E-state index in [-0.39, 0.29) is 23.4 Å². The lowest BCUT2D eigenvalue weighted by Gasteiger charge is -2.46. The van der Waals surface area contributed by atoms with E-state index in [9.17, 15) is 4.79 Å². The first-order chi connectivity index (χ1) is 7.27. The fraction of sp³-hybridized carbons (Fsp3) is 0.700. The molecule has 3 aliphatic rings. The number of rotatable bonds is 1. The summed E-state index contributed by atoms with van der Waals surface area (Å²) < 4.78 is 5.61. The molecule has 5 heteroatoms. The number of hydrogen-bond donors (Lipinski definition) is 1. The van der Waals surface area contributed by atoms with Gasteiger partial charge in [-0.3, -0.25) is 4.79 Å². The summed E-state index contributed by atoms with van der Waals surface area (Å²) in [5.74, 6) is 0.995. The standard InChI is InChI=1S/C10H14N2O2S/c11-8-9(13)12-4-6(5-15-10(8)12)7-2-1-3-14-7/h4,7-8,10H,1-3,5,11H2. The fourth-order valence-electron chi connectivity index (χ4n) is 2.28. The molecule has 1 amide bonds. The average molecular weight is 226 g/mol. The molecule has 2 saturated heterocycles. The van der Waals surface area contributed by atoms with Crippen LogP contribution in [0.15, 0.2) is 11.8 Å². The molecule has 82 valence electrons. The van der Waals surface area contributed by atoms with E-state index in [1.54, 1.807) is 16.7 Å². The zero-order valence-corrected chi connectivity index (χ0v) is 9.20. The van der Waals surface area contributed by atoms with Crippen LogP contribution in [0.4, 0.5) is 0 Å². The van der Waals surface area contributed by atoms with Gasteiger partial charge in [0.2, 0.25) is 5.91 Å². The number of thioether (sulfide) groups is 1. The van der Waals surface area contributed by atoms with Crippen LogP contribution in [0.1, 0.15) is 12.8 Å². The van der Waals surface area contributed by atoms with Crippen molar-refractivity contribution in [2.45, 2.75) is 30.4 Å². The van der Waals surface area contributed by atoms with Crippen LogP contribution in [0.25, 0.3) is 0 Å². The molecule has 3 atom stereocenters. The summed E-state index contributed by atoms with van der Waals surface area (Å²) in [5, 5.41) is 0.169. The van der Waals surface area contributed by atoms with Crippen LogP contribution in [0.3, 0.4) is 0 Å². The Kier molecular flexibility index (Phi) is 2.26. The summed E-state index contributed by atoms with van der Waals surface area (Å²) in [4.78, 5) is 13.2. The van der Waals surface area contributed by atoms with Crippen molar-refractivity contribution in [2.24, 2.45) is 5.73 Å². The van der Waals surface area contributed by atoms with Crippen LogP contribution >= 0.6 is 11.8 Å².